The first-order valence-electron chi connectivity index (χ1n) is 13.1. The number of hydrogen-bond acceptors (Lipinski definition) is 4. The van der Waals surface area contributed by atoms with Crippen LogP contribution in [0.4, 0.5) is 17.6 Å². The van der Waals surface area contributed by atoms with Gasteiger partial charge >= 0.3 is 230 Å². The third-order valence-corrected chi connectivity index (χ3v) is 14.7. The molecule has 2 aliphatic carbocycles. The second kappa shape index (κ2) is 13.6. The van der Waals surface area contributed by atoms with Gasteiger partial charge in [0.15, 0.2) is 0 Å². The van der Waals surface area contributed by atoms with E-state index < -0.39 is 39.9 Å². The molecule has 0 radical (unpaired) electrons. The molecule has 4 rings (SSSR count). The van der Waals surface area contributed by atoms with Gasteiger partial charge in [0.25, 0.3) is 0 Å². The second-order valence-corrected chi connectivity index (χ2v) is 14.9. The standard InChI is InChI=1S/2C10H11F2O2.2C5H5.Ti/c2*1-2-13-5-6-14-10-4-3-8(11)7-9(10)12;2*1-2-4-5-3-1;/h2*3-4H,2,5-6H2,1H3;2*1-3H,4H2;. The average molecular weight is 580 g/mol. The van der Waals surface area contributed by atoms with Crippen molar-refractivity contribution in [3.05, 3.63) is 91.7 Å². The SMILES string of the molecule is CCOCCOc1ccc(F)[c]([Ti]([C]2=CC=CC2)([C]2=CC=CC2)[c]2c(F)ccc(OCCOCC)c2F)c1F. The molecule has 0 N–H and O–H groups in total. The van der Waals surface area contributed by atoms with Crippen molar-refractivity contribution in [2.45, 2.75) is 26.7 Å². The van der Waals surface area contributed by atoms with Crippen LogP contribution in [-0.4, -0.2) is 39.6 Å². The summed E-state index contributed by atoms with van der Waals surface area (Å²) in [6, 6.07) is 4.63. The van der Waals surface area contributed by atoms with Gasteiger partial charge in [0, 0.05) is 0 Å². The Labute approximate surface area is 230 Å². The van der Waals surface area contributed by atoms with Crippen LogP contribution >= 0.6 is 0 Å². The van der Waals surface area contributed by atoms with Gasteiger partial charge in [0.1, 0.15) is 0 Å². The Morgan fingerprint density at radius 1 is 0.641 bits per heavy atom. The molecule has 0 bridgehead atoms. The Bertz CT molecular complexity index is 1200. The quantitative estimate of drug-likeness (QED) is 0.159. The van der Waals surface area contributed by atoms with Crippen LogP contribution in [0.15, 0.2) is 68.5 Å². The Kier molecular flexibility index (Phi) is 10.2. The van der Waals surface area contributed by atoms with E-state index in [1.54, 1.807) is 24.3 Å². The first kappa shape index (κ1) is 29.3. The molecular formula is C30H32F4O4Ti. The molecule has 0 spiro atoms. The zero-order chi connectivity index (χ0) is 27.8. The zero-order valence-electron chi connectivity index (χ0n) is 22.1. The number of rotatable bonds is 14. The molecule has 0 saturated heterocycles. The molecule has 0 heterocycles. The van der Waals surface area contributed by atoms with E-state index in [-0.39, 0.29) is 45.7 Å². The van der Waals surface area contributed by atoms with Crippen molar-refractivity contribution in [3.8, 4) is 11.5 Å². The van der Waals surface area contributed by atoms with Crippen molar-refractivity contribution in [3.63, 3.8) is 0 Å². The summed E-state index contributed by atoms with van der Waals surface area (Å²) in [7, 11) is 0. The predicted molar refractivity (Wildman–Crippen MR) is 140 cm³/mol. The predicted octanol–water partition coefficient (Wildman–Crippen LogP) is 5.87. The van der Waals surface area contributed by atoms with Crippen LogP contribution in [0.5, 0.6) is 11.5 Å². The molecule has 0 saturated carbocycles. The summed E-state index contributed by atoms with van der Waals surface area (Å²) >= 11 is -4.93. The third kappa shape index (κ3) is 5.94. The Balaban J connectivity index is 1.96. The summed E-state index contributed by atoms with van der Waals surface area (Å²) in [5, 5.41) is 0. The van der Waals surface area contributed by atoms with E-state index in [0.717, 1.165) is 12.1 Å². The number of allylic oxidation sites excluding steroid dienone is 8. The molecule has 4 nitrogen and oxygen atoms in total. The van der Waals surface area contributed by atoms with Gasteiger partial charge in [-0.1, -0.05) is 0 Å². The first-order valence-corrected chi connectivity index (χ1v) is 16.2. The zero-order valence-corrected chi connectivity index (χ0v) is 23.6. The molecule has 0 aromatic heterocycles. The molecule has 0 atom stereocenters. The monoisotopic (exact) mass is 580 g/mol. The van der Waals surface area contributed by atoms with Gasteiger partial charge in [0.05, 0.1) is 0 Å². The first-order chi connectivity index (χ1) is 19.0. The van der Waals surface area contributed by atoms with Gasteiger partial charge in [-0.2, -0.15) is 0 Å². The van der Waals surface area contributed by atoms with E-state index >= 15 is 17.6 Å². The second-order valence-electron chi connectivity index (χ2n) is 8.96. The summed E-state index contributed by atoms with van der Waals surface area (Å²) in [5.74, 6) is -4.02. The van der Waals surface area contributed by atoms with Crippen LogP contribution < -0.4 is 17.2 Å². The molecule has 0 aliphatic heterocycles. The van der Waals surface area contributed by atoms with E-state index in [1.807, 2.05) is 26.0 Å². The molecule has 0 unspecified atom stereocenters. The minimum absolute atomic E-state index is 0.0379. The molecule has 208 valence electrons. The molecule has 9 heteroatoms. The fourth-order valence-corrected chi connectivity index (χ4v) is 13.3. The summed E-state index contributed by atoms with van der Waals surface area (Å²) in [5.41, 5.74) is 0. The van der Waals surface area contributed by atoms with Crippen molar-refractivity contribution in [1.29, 1.82) is 0 Å². The molecular weight excluding hydrogens is 548 g/mol. The Morgan fingerprint density at radius 2 is 1.08 bits per heavy atom. The molecule has 2 aliphatic rings. The van der Waals surface area contributed by atoms with Crippen molar-refractivity contribution in [1.82, 2.24) is 0 Å². The van der Waals surface area contributed by atoms with Crippen molar-refractivity contribution < 1.29 is 53.1 Å². The molecule has 2 aromatic rings. The van der Waals surface area contributed by atoms with Crippen LogP contribution in [0.2, 0.25) is 0 Å². The van der Waals surface area contributed by atoms with Crippen molar-refractivity contribution in [2.24, 2.45) is 0 Å². The normalized spacial score (nSPS) is 14.6. The fourth-order valence-electron chi connectivity index (χ4n) is 5.11. The van der Waals surface area contributed by atoms with Gasteiger partial charge < -0.3 is 0 Å². The number of benzene rings is 2. The van der Waals surface area contributed by atoms with Gasteiger partial charge in [-0.15, -0.1) is 0 Å². The number of hydrogen-bond donors (Lipinski definition) is 0. The van der Waals surface area contributed by atoms with E-state index in [4.69, 9.17) is 18.9 Å². The van der Waals surface area contributed by atoms with Crippen LogP contribution in [0.1, 0.15) is 26.7 Å². The van der Waals surface area contributed by atoms with Gasteiger partial charge in [-0.05, 0) is 0 Å². The number of ether oxygens (including phenoxy) is 4. The van der Waals surface area contributed by atoms with Gasteiger partial charge in [-0.25, -0.2) is 0 Å². The molecule has 0 fully saturated rings. The molecule has 39 heavy (non-hydrogen) atoms. The Hall–Kier alpha value is -2.65. The van der Waals surface area contributed by atoms with Gasteiger partial charge in [-0.3, -0.25) is 0 Å². The Morgan fingerprint density at radius 3 is 1.44 bits per heavy atom. The van der Waals surface area contributed by atoms with E-state index in [9.17, 15) is 0 Å². The molecule has 2 aromatic carbocycles. The summed E-state index contributed by atoms with van der Waals surface area (Å²) in [6.07, 6.45) is 11.3. The van der Waals surface area contributed by atoms with Crippen LogP contribution in [0.25, 0.3) is 0 Å². The maximum absolute atomic E-state index is 16.4. The van der Waals surface area contributed by atoms with Crippen LogP contribution in [-0.2, 0) is 26.1 Å². The maximum atomic E-state index is 16.4. The van der Waals surface area contributed by atoms with E-state index in [2.05, 4.69) is 0 Å². The molecule has 0 amide bonds. The summed E-state index contributed by atoms with van der Waals surface area (Å²) < 4.78 is 87.1. The van der Waals surface area contributed by atoms with Crippen LogP contribution in [0, 0.1) is 23.3 Å². The third-order valence-electron chi connectivity index (χ3n) is 6.75. The van der Waals surface area contributed by atoms with Gasteiger partial charge in [0.2, 0.25) is 0 Å². The average Bonchev–Trinajstić information content (AvgIpc) is 3.66. The van der Waals surface area contributed by atoms with Crippen LogP contribution in [0.3, 0.4) is 0 Å². The van der Waals surface area contributed by atoms with E-state index in [1.165, 1.54) is 12.1 Å². The van der Waals surface area contributed by atoms with E-state index in [0.29, 0.717) is 33.8 Å². The fraction of sp³-hybridized carbons (Fsp3) is 0.333. The van der Waals surface area contributed by atoms with Crippen molar-refractivity contribution >= 4 is 7.74 Å². The van der Waals surface area contributed by atoms with Crippen molar-refractivity contribution in [2.75, 3.05) is 39.6 Å². The topological polar surface area (TPSA) is 36.9 Å². The summed E-state index contributed by atoms with van der Waals surface area (Å²) in [6.45, 7) is 5.07. The summed E-state index contributed by atoms with van der Waals surface area (Å²) in [4.78, 5) is 0. The number of halogens is 4. The minimum atomic E-state index is -4.93.